The third-order valence-electron chi connectivity index (χ3n) is 2.21. The minimum atomic E-state index is 0. The summed E-state index contributed by atoms with van der Waals surface area (Å²) in [5, 5.41) is 6.34. The highest BCUT2D eigenvalue weighted by atomic mass is 127. The van der Waals surface area contributed by atoms with Crippen molar-refractivity contribution in [3.63, 3.8) is 0 Å². The molecule has 0 saturated carbocycles. The van der Waals surface area contributed by atoms with Crippen LogP contribution in [0.15, 0.2) is 17.3 Å². The third kappa shape index (κ3) is 3.99. The Morgan fingerprint density at radius 1 is 1.59 bits per heavy atom. The van der Waals surface area contributed by atoms with Crippen LogP contribution in [-0.4, -0.2) is 35.6 Å². The van der Waals surface area contributed by atoms with Crippen LogP contribution < -0.4 is 15.4 Å². The fraction of sp³-hybridized carbons (Fsp3) is 0.500. The molecule has 1 aromatic rings. The molecule has 2 heterocycles. The van der Waals surface area contributed by atoms with Crippen molar-refractivity contribution in [1.29, 1.82) is 0 Å². The smallest absolute Gasteiger partial charge is 0.216 e. The summed E-state index contributed by atoms with van der Waals surface area (Å²) in [7, 11) is 1.59. The van der Waals surface area contributed by atoms with Gasteiger partial charge >= 0.3 is 0 Å². The maximum atomic E-state index is 5.02. The number of rotatable bonds is 3. The van der Waals surface area contributed by atoms with E-state index in [9.17, 15) is 0 Å². The maximum Gasteiger partial charge on any atom is 0.216 e. The van der Waals surface area contributed by atoms with Gasteiger partial charge in [0, 0.05) is 18.3 Å². The zero-order valence-electron chi connectivity index (χ0n) is 9.80. The summed E-state index contributed by atoms with van der Waals surface area (Å²) in [6.07, 6.45) is 1.68. The molecule has 0 amide bonds. The molecule has 0 radical (unpaired) electrons. The Bertz CT molecular complexity index is 398. The molecule has 1 atom stereocenters. The summed E-state index contributed by atoms with van der Waals surface area (Å²) >= 11 is 0. The van der Waals surface area contributed by atoms with Crippen molar-refractivity contribution in [1.82, 2.24) is 20.6 Å². The SMILES string of the molecule is COc1ccnc(CNC2=NCC(C)N2)n1.I. The van der Waals surface area contributed by atoms with Crippen LogP contribution in [0.25, 0.3) is 0 Å². The molecule has 2 rings (SSSR count). The maximum absolute atomic E-state index is 5.02. The van der Waals surface area contributed by atoms with Gasteiger partial charge in [-0.1, -0.05) is 0 Å². The average Bonchev–Trinajstić information content (AvgIpc) is 2.73. The number of guanidine groups is 1. The van der Waals surface area contributed by atoms with Crippen LogP contribution in [0.1, 0.15) is 12.7 Å². The molecule has 1 aromatic heterocycles. The highest BCUT2D eigenvalue weighted by Crippen LogP contribution is 2.03. The molecular formula is C10H16IN5O. The molecule has 0 spiro atoms. The number of aliphatic imine (C=N–C) groups is 1. The number of ether oxygens (including phenoxy) is 1. The fourth-order valence-corrected chi connectivity index (χ4v) is 1.40. The molecule has 0 aliphatic carbocycles. The zero-order chi connectivity index (χ0) is 11.4. The number of halogens is 1. The molecule has 1 aliphatic heterocycles. The highest BCUT2D eigenvalue weighted by Gasteiger charge is 2.11. The molecule has 17 heavy (non-hydrogen) atoms. The van der Waals surface area contributed by atoms with Crippen molar-refractivity contribution in [2.24, 2.45) is 4.99 Å². The van der Waals surface area contributed by atoms with E-state index in [0.717, 1.165) is 12.5 Å². The second-order valence-corrected chi connectivity index (χ2v) is 3.60. The van der Waals surface area contributed by atoms with Gasteiger partial charge in [-0.25, -0.2) is 4.98 Å². The van der Waals surface area contributed by atoms with E-state index in [0.29, 0.717) is 24.3 Å². The quantitative estimate of drug-likeness (QED) is 0.780. The molecule has 7 heteroatoms. The Balaban J connectivity index is 0.00000144. The Labute approximate surface area is 117 Å². The van der Waals surface area contributed by atoms with Gasteiger partial charge in [0.2, 0.25) is 5.88 Å². The number of hydrogen-bond donors (Lipinski definition) is 2. The first-order valence-electron chi connectivity index (χ1n) is 5.18. The summed E-state index contributed by atoms with van der Waals surface area (Å²) < 4.78 is 5.02. The van der Waals surface area contributed by atoms with Gasteiger partial charge in [0.1, 0.15) is 0 Å². The first kappa shape index (κ1) is 13.9. The molecule has 2 N–H and O–H groups in total. The van der Waals surface area contributed by atoms with Crippen molar-refractivity contribution >= 4 is 29.9 Å². The van der Waals surface area contributed by atoms with Crippen molar-refractivity contribution in [3.8, 4) is 5.88 Å². The number of nitrogens with one attached hydrogen (secondary N) is 2. The minimum Gasteiger partial charge on any atom is -0.481 e. The van der Waals surface area contributed by atoms with E-state index in [1.165, 1.54) is 0 Å². The number of hydrogen-bond acceptors (Lipinski definition) is 6. The number of methoxy groups -OCH3 is 1. The first-order valence-corrected chi connectivity index (χ1v) is 5.18. The largest absolute Gasteiger partial charge is 0.481 e. The molecule has 6 nitrogen and oxygen atoms in total. The van der Waals surface area contributed by atoms with Crippen LogP contribution in [0.4, 0.5) is 0 Å². The van der Waals surface area contributed by atoms with Crippen molar-refractivity contribution < 1.29 is 4.74 Å². The van der Waals surface area contributed by atoms with Gasteiger partial charge in [0.15, 0.2) is 11.8 Å². The topological polar surface area (TPSA) is 71.4 Å². The molecule has 0 fully saturated rings. The molecule has 94 valence electrons. The summed E-state index contributed by atoms with van der Waals surface area (Å²) in [6.45, 7) is 3.43. The number of nitrogens with zero attached hydrogens (tertiary/aromatic N) is 3. The Hall–Kier alpha value is -1.12. The third-order valence-corrected chi connectivity index (χ3v) is 2.21. The lowest BCUT2D eigenvalue weighted by Gasteiger charge is -2.08. The van der Waals surface area contributed by atoms with Gasteiger partial charge in [0.05, 0.1) is 20.2 Å². The van der Waals surface area contributed by atoms with Gasteiger partial charge in [-0.15, -0.1) is 24.0 Å². The van der Waals surface area contributed by atoms with Crippen LogP contribution in [0, 0.1) is 0 Å². The Kier molecular flexibility index (Phi) is 5.39. The lowest BCUT2D eigenvalue weighted by Crippen LogP contribution is -2.37. The van der Waals surface area contributed by atoms with Crippen molar-refractivity contribution in [3.05, 3.63) is 18.1 Å². The summed E-state index contributed by atoms with van der Waals surface area (Å²) in [5.74, 6) is 2.06. The van der Waals surface area contributed by atoms with E-state index in [4.69, 9.17) is 4.74 Å². The normalized spacial score (nSPS) is 17.8. The lowest BCUT2D eigenvalue weighted by atomic mass is 10.4. The van der Waals surface area contributed by atoms with Crippen LogP contribution in [0.2, 0.25) is 0 Å². The molecule has 0 bridgehead atoms. The Morgan fingerprint density at radius 2 is 2.41 bits per heavy atom. The molecular weight excluding hydrogens is 333 g/mol. The molecule has 1 unspecified atom stereocenters. The van der Waals surface area contributed by atoms with Crippen LogP contribution in [0.3, 0.4) is 0 Å². The van der Waals surface area contributed by atoms with E-state index in [2.05, 4.69) is 32.5 Å². The van der Waals surface area contributed by atoms with Gasteiger partial charge in [-0.2, -0.15) is 4.98 Å². The van der Waals surface area contributed by atoms with E-state index >= 15 is 0 Å². The van der Waals surface area contributed by atoms with Crippen molar-refractivity contribution in [2.45, 2.75) is 19.5 Å². The lowest BCUT2D eigenvalue weighted by molar-refractivity contribution is 0.394. The second kappa shape index (κ2) is 6.58. The van der Waals surface area contributed by atoms with Gasteiger partial charge < -0.3 is 15.4 Å². The second-order valence-electron chi connectivity index (χ2n) is 3.60. The summed E-state index contributed by atoms with van der Waals surface area (Å²) in [4.78, 5) is 12.6. The molecule has 1 aliphatic rings. The summed E-state index contributed by atoms with van der Waals surface area (Å²) in [6, 6.07) is 2.12. The Morgan fingerprint density at radius 3 is 3.06 bits per heavy atom. The van der Waals surface area contributed by atoms with Crippen LogP contribution in [0.5, 0.6) is 5.88 Å². The average molecular weight is 349 g/mol. The fourth-order valence-electron chi connectivity index (χ4n) is 1.40. The predicted molar refractivity (Wildman–Crippen MR) is 75.7 cm³/mol. The van der Waals surface area contributed by atoms with E-state index in [1.807, 2.05) is 0 Å². The monoisotopic (exact) mass is 349 g/mol. The summed E-state index contributed by atoms with van der Waals surface area (Å²) in [5.41, 5.74) is 0. The zero-order valence-corrected chi connectivity index (χ0v) is 12.1. The van der Waals surface area contributed by atoms with E-state index in [-0.39, 0.29) is 24.0 Å². The van der Waals surface area contributed by atoms with E-state index in [1.54, 1.807) is 19.4 Å². The van der Waals surface area contributed by atoms with Gasteiger partial charge in [-0.05, 0) is 6.92 Å². The van der Waals surface area contributed by atoms with Gasteiger partial charge in [0.25, 0.3) is 0 Å². The molecule has 0 saturated heterocycles. The predicted octanol–water partition coefficient (Wildman–Crippen LogP) is 0.540. The first-order chi connectivity index (χ1) is 7.78. The molecule has 0 aromatic carbocycles. The highest BCUT2D eigenvalue weighted by molar-refractivity contribution is 14.0. The van der Waals surface area contributed by atoms with Crippen molar-refractivity contribution in [2.75, 3.05) is 13.7 Å². The minimum absolute atomic E-state index is 0. The van der Waals surface area contributed by atoms with Crippen LogP contribution >= 0.6 is 24.0 Å². The standard InChI is InChI=1S/C10H15N5O.HI/c1-7-5-12-10(14-7)13-6-8-11-4-3-9(15-8)16-2;/h3-4,7H,5-6H2,1-2H3,(H2,12,13,14);1H. The van der Waals surface area contributed by atoms with Crippen LogP contribution in [-0.2, 0) is 6.54 Å². The number of aromatic nitrogens is 2. The van der Waals surface area contributed by atoms with E-state index < -0.39 is 0 Å². The van der Waals surface area contributed by atoms with Gasteiger partial charge in [-0.3, -0.25) is 4.99 Å².